The van der Waals surface area contributed by atoms with E-state index in [0.717, 1.165) is 0 Å². The maximum absolute atomic E-state index is 2.55. The minimum absolute atomic E-state index is 1.29. The summed E-state index contributed by atoms with van der Waals surface area (Å²) in [6.07, 6.45) is 13.9. The summed E-state index contributed by atoms with van der Waals surface area (Å²) in [7, 11) is 0. The normalized spacial score (nSPS) is 12.9. The van der Waals surface area contributed by atoms with E-state index in [-0.39, 0.29) is 0 Å². The Bertz CT molecular complexity index is 220. The van der Waals surface area contributed by atoms with E-state index >= 15 is 0 Å². The molecule has 0 aliphatic carbocycles. The maximum atomic E-state index is 2.55. The molecule has 0 aromatic carbocycles. The van der Waals surface area contributed by atoms with Crippen LogP contribution in [-0.4, -0.2) is 18.4 Å². The number of rotatable bonds is 13. The van der Waals surface area contributed by atoms with E-state index in [2.05, 4.69) is 40.7 Å². The predicted molar refractivity (Wildman–Crippen MR) is 98.4 cm³/mol. The van der Waals surface area contributed by atoms with Gasteiger partial charge in [-0.3, -0.25) is 0 Å². The third kappa shape index (κ3) is 9.47. The Morgan fingerprint density at radius 2 is 1.20 bits per heavy atom. The molecule has 0 nitrogen and oxygen atoms in total. The second-order valence-electron chi connectivity index (χ2n) is 6.83. The SMILES string of the molecule is CCC/C=C(\C)[CH2][Sn]([CH2]CCC)([CH2]CCC)[CH2]CCC. The molecule has 0 N–H and O–H groups in total. The van der Waals surface area contributed by atoms with Crippen LogP contribution in [0.25, 0.3) is 0 Å². The van der Waals surface area contributed by atoms with Crippen LogP contribution in [0.3, 0.4) is 0 Å². The molecule has 0 fully saturated rings. The van der Waals surface area contributed by atoms with Gasteiger partial charge in [0, 0.05) is 0 Å². The summed E-state index contributed by atoms with van der Waals surface area (Å²) >= 11 is -1.88. The van der Waals surface area contributed by atoms with Gasteiger partial charge in [-0.1, -0.05) is 0 Å². The van der Waals surface area contributed by atoms with E-state index in [9.17, 15) is 0 Å². The van der Waals surface area contributed by atoms with Crippen molar-refractivity contribution in [2.24, 2.45) is 0 Å². The van der Waals surface area contributed by atoms with E-state index in [0.29, 0.717) is 0 Å². The number of hydrogen-bond donors (Lipinski definition) is 0. The van der Waals surface area contributed by atoms with Crippen molar-refractivity contribution >= 4 is 18.4 Å². The molecule has 0 radical (unpaired) electrons. The Hall–Kier alpha value is 0.539. The predicted octanol–water partition coefficient (Wildman–Crippen LogP) is 7.58. The van der Waals surface area contributed by atoms with Crippen LogP contribution in [-0.2, 0) is 0 Å². The van der Waals surface area contributed by atoms with E-state index < -0.39 is 18.4 Å². The van der Waals surface area contributed by atoms with Gasteiger partial charge < -0.3 is 0 Å². The minimum atomic E-state index is -1.88. The first-order valence-corrected chi connectivity index (χ1v) is 17.4. The van der Waals surface area contributed by atoms with Crippen molar-refractivity contribution in [1.82, 2.24) is 0 Å². The second-order valence-corrected chi connectivity index (χ2v) is 20.7. The van der Waals surface area contributed by atoms with Gasteiger partial charge in [0.1, 0.15) is 0 Å². The first-order chi connectivity index (χ1) is 9.64. The topological polar surface area (TPSA) is 0 Å². The Balaban J connectivity index is 4.82. The Morgan fingerprint density at radius 3 is 1.55 bits per heavy atom. The Labute approximate surface area is 133 Å². The van der Waals surface area contributed by atoms with Gasteiger partial charge >= 0.3 is 134 Å². The quantitative estimate of drug-likeness (QED) is 0.226. The van der Waals surface area contributed by atoms with Crippen LogP contribution < -0.4 is 0 Å². The molecule has 0 rings (SSSR count). The summed E-state index contributed by atoms with van der Waals surface area (Å²) < 4.78 is 6.53. The molecule has 0 spiro atoms. The fraction of sp³-hybridized carbons (Fsp3) is 0.895. The molecule has 1 heteroatoms. The van der Waals surface area contributed by atoms with Gasteiger partial charge in [-0.25, -0.2) is 0 Å². The zero-order valence-corrected chi connectivity index (χ0v) is 17.9. The van der Waals surface area contributed by atoms with Gasteiger partial charge in [-0.15, -0.1) is 0 Å². The van der Waals surface area contributed by atoms with Crippen LogP contribution in [0, 0.1) is 0 Å². The third-order valence-electron chi connectivity index (χ3n) is 4.62. The fourth-order valence-corrected chi connectivity index (χ4v) is 20.2. The molecule has 0 saturated carbocycles. The van der Waals surface area contributed by atoms with Gasteiger partial charge in [-0.05, 0) is 0 Å². The monoisotopic (exact) mass is 388 g/mol. The van der Waals surface area contributed by atoms with E-state index in [1.807, 2.05) is 0 Å². The second kappa shape index (κ2) is 13.2. The molecule has 0 atom stereocenters. The Morgan fingerprint density at radius 1 is 0.750 bits per heavy atom. The van der Waals surface area contributed by atoms with Crippen LogP contribution in [0.4, 0.5) is 0 Å². The molecule has 0 aromatic heterocycles. The van der Waals surface area contributed by atoms with Gasteiger partial charge in [0.15, 0.2) is 0 Å². The van der Waals surface area contributed by atoms with E-state index in [4.69, 9.17) is 0 Å². The molecule has 0 unspecified atom stereocenters. The molecule has 0 amide bonds. The molecule has 120 valence electrons. The van der Waals surface area contributed by atoms with Crippen molar-refractivity contribution < 1.29 is 0 Å². The van der Waals surface area contributed by atoms with Gasteiger partial charge in [0.25, 0.3) is 0 Å². The number of allylic oxidation sites excluding steroid dienone is 2. The summed E-state index contributed by atoms with van der Waals surface area (Å²) in [6, 6.07) is 0. The summed E-state index contributed by atoms with van der Waals surface area (Å²) in [5, 5.41) is 0. The van der Waals surface area contributed by atoms with Crippen LogP contribution in [0.1, 0.15) is 86.0 Å². The Kier molecular flexibility index (Phi) is 13.6. The van der Waals surface area contributed by atoms with E-state index in [1.165, 1.54) is 51.4 Å². The summed E-state index contributed by atoms with van der Waals surface area (Å²) in [4.78, 5) is 0. The summed E-state index contributed by atoms with van der Waals surface area (Å²) in [5.41, 5.74) is 1.74. The van der Waals surface area contributed by atoms with Gasteiger partial charge in [0.05, 0.1) is 0 Å². The van der Waals surface area contributed by atoms with Crippen LogP contribution >= 0.6 is 0 Å². The number of unbranched alkanes of at least 4 members (excludes halogenated alkanes) is 4. The zero-order chi connectivity index (χ0) is 15.3. The molecule has 0 aliphatic heterocycles. The molecule has 0 heterocycles. The molecule has 0 bridgehead atoms. The third-order valence-corrected chi connectivity index (χ3v) is 20.5. The van der Waals surface area contributed by atoms with Crippen LogP contribution in [0.5, 0.6) is 0 Å². The van der Waals surface area contributed by atoms with Crippen molar-refractivity contribution in [3.8, 4) is 0 Å². The molecular formula is C19H40Sn. The average Bonchev–Trinajstić information content (AvgIpc) is 2.46. The molecule has 0 aromatic rings. The van der Waals surface area contributed by atoms with E-state index in [1.54, 1.807) is 23.3 Å². The van der Waals surface area contributed by atoms with Gasteiger partial charge in [0.2, 0.25) is 0 Å². The molecule has 0 aliphatic rings. The molecular weight excluding hydrogens is 347 g/mol. The first kappa shape index (κ1) is 20.5. The van der Waals surface area contributed by atoms with Gasteiger partial charge in [-0.2, -0.15) is 0 Å². The average molecular weight is 387 g/mol. The van der Waals surface area contributed by atoms with Crippen molar-refractivity contribution in [2.75, 3.05) is 0 Å². The fourth-order valence-electron chi connectivity index (χ4n) is 3.35. The summed E-state index contributed by atoms with van der Waals surface area (Å²) in [6.45, 7) is 11.8. The van der Waals surface area contributed by atoms with Crippen molar-refractivity contribution in [2.45, 2.75) is 104 Å². The molecule has 0 saturated heterocycles. The zero-order valence-electron chi connectivity index (χ0n) is 15.1. The summed E-state index contributed by atoms with van der Waals surface area (Å²) in [5.74, 6) is 0. The molecule has 20 heavy (non-hydrogen) atoms. The van der Waals surface area contributed by atoms with Crippen molar-refractivity contribution in [1.29, 1.82) is 0 Å². The van der Waals surface area contributed by atoms with Crippen LogP contribution in [0.15, 0.2) is 11.6 Å². The van der Waals surface area contributed by atoms with Crippen molar-refractivity contribution in [3.63, 3.8) is 0 Å². The first-order valence-electron chi connectivity index (χ1n) is 9.29. The standard InChI is InChI=1S/C7H13.3C4H9.Sn/c1-4-5-6-7(2)3;3*1-3-4-2;/h6H,2,4-5H2,1,3H3;3*1,3-4H2,2H3;/b7-6-;;;;. The number of hydrogen-bond acceptors (Lipinski definition) is 0. The van der Waals surface area contributed by atoms with Crippen LogP contribution in [0.2, 0.25) is 17.7 Å². The van der Waals surface area contributed by atoms with Crippen molar-refractivity contribution in [3.05, 3.63) is 11.6 Å².